The lowest BCUT2D eigenvalue weighted by atomic mass is 10.1. The molecular formula is C19H24N2O3S. The maximum atomic E-state index is 12.7. The molecule has 0 radical (unpaired) electrons. The van der Waals surface area contributed by atoms with Gasteiger partial charge in [-0.25, -0.2) is 13.1 Å². The molecule has 0 aliphatic carbocycles. The molecule has 0 aromatic heterocycles. The first kappa shape index (κ1) is 19.1. The number of carbonyl (C=O) groups excluding carboxylic acids is 1. The van der Waals surface area contributed by atoms with E-state index in [1.807, 2.05) is 25.1 Å². The molecule has 1 amide bonds. The van der Waals surface area contributed by atoms with Crippen LogP contribution in [0.4, 0.5) is 5.69 Å². The number of rotatable bonds is 6. The molecule has 2 aromatic rings. The first-order valence-electron chi connectivity index (χ1n) is 8.22. The zero-order chi connectivity index (χ0) is 18.6. The van der Waals surface area contributed by atoms with Gasteiger partial charge in [-0.3, -0.25) is 4.79 Å². The first-order valence-corrected chi connectivity index (χ1v) is 9.70. The monoisotopic (exact) mass is 360 g/mol. The smallest absolute Gasteiger partial charge is 0.241 e. The van der Waals surface area contributed by atoms with Crippen LogP contribution in [0.15, 0.2) is 47.4 Å². The van der Waals surface area contributed by atoms with Crippen LogP contribution < -0.4 is 10.0 Å². The van der Waals surface area contributed by atoms with Crippen molar-refractivity contribution in [3.8, 4) is 0 Å². The highest BCUT2D eigenvalue weighted by molar-refractivity contribution is 7.89. The van der Waals surface area contributed by atoms with Crippen molar-refractivity contribution in [2.75, 3.05) is 5.32 Å². The number of nitrogens with one attached hydrogen (secondary N) is 2. The summed E-state index contributed by atoms with van der Waals surface area (Å²) in [4.78, 5) is 11.7. The van der Waals surface area contributed by atoms with Crippen molar-refractivity contribution in [1.82, 2.24) is 4.72 Å². The van der Waals surface area contributed by atoms with E-state index < -0.39 is 10.0 Å². The zero-order valence-corrected chi connectivity index (χ0v) is 15.8. The summed E-state index contributed by atoms with van der Waals surface area (Å²) in [5, 5.41) is 2.77. The predicted octanol–water partition coefficient (Wildman–Crippen LogP) is 3.69. The number of hydrogen-bond acceptors (Lipinski definition) is 3. The fourth-order valence-corrected chi connectivity index (χ4v) is 4.03. The van der Waals surface area contributed by atoms with Gasteiger partial charge in [-0.1, -0.05) is 31.2 Å². The van der Waals surface area contributed by atoms with Gasteiger partial charge in [0.05, 0.1) is 4.90 Å². The number of carbonyl (C=O) groups is 1. The third-order valence-electron chi connectivity index (χ3n) is 3.98. The maximum absolute atomic E-state index is 12.7. The highest BCUT2D eigenvalue weighted by atomic mass is 32.2. The Balaban J connectivity index is 2.16. The van der Waals surface area contributed by atoms with E-state index in [1.165, 1.54) is 0 Å². The van der Waals surface area contributed by atoms with E-state index in [1.54, 1.807) is 45.0 Å². The molecular weight excluding hydrogens is 336 g/mol. The number of aryl methyl sites for hydroxylation is 2. The molecule has 1 atom stereocenters. The van der Waals surface area contributed by atoms with Crippen LogP contribution >= 0.6 is 0 Å². The molecule has 2 aromatic carbocycles. The molecule has 25 heavy (non-hydrogen) atoms. The van der Waals surface area contributed by atoms with Crippen molar-refractivity contribution in [2.45, 2.75) is 45.1 Å². The van der Waals surface area contributed by atoms with Crippen LogP contribution in [0.1, 0.15) is 43.0 Å². The summed E-state index contributed by atoms with van der Waals surface area (Å²) in [7, 11) is -3.61. The number of anilines is 1. The van der Waals surface area contributed by atoms with Crippen molar-refractivity contribution in [2.24, 2.45) is 0 Å². The minimum absolute atomic E-state index is 0.0589. The molecule has 5 nitrogen and oxygen atoms in total. The summed E-state index contributed by atoms with van der Waals surface area (Å²) in [6.45, 7) is 7.23. The average molecular weight is 360 g/mol. The van der Waals surface area contributed by atoms with Crippen LogP contribution in [0.25, 0.3) is 0 Å². The normalized spacial score (nSPS) is 12.6. The largest absolute Gasteiger partial charge is 0.326 e. The number of sulfonamides is 1. The summed E-state index contributed by atoms with van der Waals surface area (Å²) >= 11 is 0. The van der Waals surface area contributed by atoms with Gasteiger partial charge in [0, 0.05) is 18.2 Å². The Morgan fingerprint density at radius 1 is 1.08 bits per heavy atom. The second-order valence-corrected chi connectivity index (χ2v) is 7.82. The molecule has 1 unspecified atom stereocenters. The average Bonchev–Trinajstić information content (AvgIpc) is 2.57. The van der Waals surface area contributed by atoms with Crippen LogP contribution in [0.2, 0.25) is 0 Å². The van der Waals surface area contributed by atoms with Gasteiger partial charge in [0.15, 0.2) is 0 Å². The fraction of sp³-hybridized carbons (Fsp3) is 0.316. The Morgan fingerprint density at radius 2 is 1.72 bits per heavy atom. The Labute approximate surface area is 149 Å². The van der Waals surface area contributed by atoms with Gasteiger partial charge in [-0.05, 0) is 55.7 Å². The summed E-state index contributed by atoms with van der Waals surface area (Å²) < 4.78 is 28.1. The fourth-order valence-electron chi connectivity index (χ4n) is 2.47. The minimum atomic E-state index is -3.61. The second-order valence-electron chi connectivity index (χ2n) is 6.14. The van der Waals surface area contributed by atoms with E-state index in [-0.39, 0.29) is 11.9 Å². The number of amides is 1. The van der Waals surface area contributed by atoms with Gasteiger partial charge in [0.1, 0.15) is 0 Å². The van der Waals surface area contributed by atoms with Crippen molar-refractivity contribution < 1.29 is 13.2 Å². The van der Waals surface area contributed by atoms with Crippen LogP contribution in [0, 0.1) is 13.8 Å². The Morgan fingerprint density at radius 3 is 2.32 bits per heavy atom. The second kappa shape index (κ2) is 7.80. The highest BCUT2D eigenvalue weighted by Gasteiger charge is 2.20. The van der Waals surface area contributed by atoms with Crippen LogP contribution in [-0.4, -0.2) is 14.3 Å². The third kappa shape index (κ3) is 4.90. The Bertz CT molecular complexity index is 859. The lowest BCUT2D eigenvalue weighted by Gasteiger charge is -2.17. The van der Waals surface area contributed by atoms with Crippen LogP contribution in [0.3, 0.4) is 0 Å². The predicted molar refractivity (Wildman–Crippen MR) is 100 cm³/mol. The molecule has 0 bridgehead atoms. The first-order chi connectivity index (χ1) is 11.7. The van der Waals surface area contributed by atoms with Gasteiger partial charge in [0.2, 0.25) is 15.9 Å². The zero-order valence-electron chi connectivity index (χ0n) is 15.0. The van der Waals surface area contributed by atoms with Crippen molar-refractivity contribution >= 4 is 21.6 Å². The maximum Gasteiger partial charge on any atom is 0.241 e. The Hall–Kier alpha value is -2.18. The molecule has 2 N–H and O–H groups in total. The molecule has 6 heteroatoms. The van der Waals surface area contributed by atoms with E-state index in [0.717, 1.165) is 11.1 Å². The molecule has 0 saturated heterocycles. The number of benzene rings is 2. The van der Waals surface area contributed by atoms with Crippen molar-refractivity contribution in [1.29, 1.82) is 0 Å². The van der Waals surface area contributed by atoms with E-state index in [0.29, 0.717) is 22.6 Å². The van der Waals surface area contributed by atoms with Gasteiger partial charge in [-0.15, -0.1) is 0 Å². The number of hydrogen-bond donors (Lipinski definition) is 2. The summed E-state index contributed by atoms with van der Waals surface area (Å²) in [5.41, 5.74) is 3.13. The summed E-state index contributed by atoms with van der Waals surface area (Å²) in [6.07, 6.45) is 0.411. The Kier molecular flexibility index (Phi) is 5.98. The van der Waals surface area contributed by atoms with Gasteiger partial charge >= 0.3 is 0 Å². The van der Waals surface area contributed by atoms with Gasteiger partial charge in [0.25, 0.3) is 0 Å². The third-order valence-corrected chi connectivity index (χ3v) is 5.66. The van der Waals surface area contributed by atoms with E-state index in [4.69, 9.17) is 0 Å². The lowest BCUT2D eigenvalue weighted by Crippen LogP contribution is -2.27. The summed E-state index contributed by atoms with van der Waals surface area (Å²) in [6, 6.07) is 12.1. The lowest BCUT2D eigenvalue weighted by molar-refractivity contribution is -0.115. The standard InChI is InChI=1S/C19H24N2O3S/c1-5-19(22)20-17-10-8-16(9-11-17)15(4)21-25(23,24)18-12-13(2)6-7-14(18)3/h6-12,15,21H,5H2,1-4H3,(H,20,22). The molecule has 134 valence electrons. The van der Waals surface area contributed by atoms with Gasteiger partial charge < -0.3 is 5.32 Å². The SMILES string of the molecule is CCC(=O)Nc1ccc(C(C)NS(=O)(=O)c2cc(C)ccc2C)cc1. The topological polar surface area (TPSA) is 75.3 Å². The molecule has 0 fully saturated rings. The van der Waals surface area contributed by atoms with E-state index in [2.05, 4.69) is 10.0 Å². The summed E-state index contributed by atoms with van der Waals surface area (Å²) in [5.74, 6) is -0.0589. The van der Waals surface area contributed by atoms with Gasteiger partial charge in [-0.2, -0.15) is 0 Å². The molecule has 0 heterocycles. The minimum Gasteiger partial charge on any atom is -0.326 e. The molecule has 0 spiro atoms. The van der Waals surface area contributed by atoms with Crippen molar-refractivity contribution in [3.63, 3.8) is 0 Å². The van der Waals surface area contributed by atoms with E-state index >= 15 is 0 Å². The van der Waals surface area contributed by atoms with Crippen LogP contribution in [0.5, 0.6) is 0 Å². The highest BCUT2D eigenvalue weighted by Crippen LogP contribution is 2.21. The van der Waals surface area contributed by atoms with Crippen molar-refractivity contribution in [3.05, 3.63) is 59.2 Å². The molecule has 0 saturated carbocycles. The van der Waals surface area contributed by atoms with E-state index in [9.17, 15) is 13.2 Å². The molecule has 0 aliphatic rings. The van der Waals surface area contributed by atoms with Crippen LogP contribution in [-0.2, 0) is 14.8 Å². The molecule has 2 rings (SSSR count). The quantitative estimate of drug-likeness (QED) is 0.825. The molecule has 0 aliphatic heterocycles.